The lowest BCUT2D eigenvalue weighted by atomic mass is 10.0. The standard InChI is InChI=1S/C18H12BrClF2N6O/c19-13-11-2-1-5-23-17(11)28(8-25-18(29)16-24-7-26-27-16)14(13)12-6-9(20)3-4-10(12)15(21)22/h1-7,15H,8H2,(H,25,29)(H,24,26,27). The smallest absolute Gasteiger partial charge is 0.289 e. The van der Waals surface area contributed by atoms with E-state index in [-0.39, 0.29) is 23.6 Å². The van der Waals surface area contributed by atoms with E-state index in [0.717, 1.165) is 0 Å². The predicted molar refractivity (Wildman–Crippen MR) is 107 cm³/mol. The zero-order chi connectivity index (χ0) is 20.5. The molecule has 2 N–H and O–H groups in total. The van der Waals surface area contributed by atoms with Gasteiger partial charge in [-0.3, -0.25) is 9.89 Å². The summed E-state index contributed by atoms with van der Waals surface area (Å²) < 4.78 is 29.6. The average molecular weight is 482 g/mol. The van der Waals surface area contributed by atoms with Crippen molar-refractivity contribution in [3.8, 4) is 11.3 Å². The van der Waals surface area contributed by atoms with Gasteiger partial charge in [0.25, 0.3) is 12.3 Å². The lowest BCUT2D eigenvalue weighted by molar-refractivity contribution is 0.0933. The number of aromatic nitrogens is 5. The molecule has 3 aromatic heterocycles. The Morgan fingerprint density at radius 3 is 2.86 bits per heavy atom. The quantitative estimate of drug-likeness (QED) is 0.437. The largest absolute Gasteiger partial charge is 0.331 e. The Bertz CT molecular complexity index is 1190. The summed E-state index contributed by atoms with van der Waals surface area (Å²) in [4.78, 5) is 20.4. The molecule has 0 radical (unpaired) electrons. The number of nitrogens with zero attached hydrogens (tertiary/aromatic N) is 4. The zero-order valence-electron chi connectivity index (χ0n) is 14.5. The highest BCUT2D eigenvalue weighted by atomic mass is 79.9. The van der Waals surface area contributed by atoms with Crippen molar-refractivity contribution >= 4 is 44.5 Å². The van der Waals surface area contributed by atoms with Crippen LogP contribution in [0.25, 0.3) is 22.3 Å². The molecule has 0 fully saturated rings. The molecule has 0 spiro atoms. The van der Waals surface area contributed by atoms with Crippen LogP contribution in [0.4, 0.5) is 8.78 Å². The molecule has 4 rings (SSSR count). The van der Waals surface area contributed by atoms with E-state index in [4.69, 9.17) is 11.6 Å². The molecule has 0 saturated carbocycles. The van der Waals surface area contributed by atoms with Crippen molar-refractivity contribution < 1.29 is 13.6 Å². The van der Waals surface area contributed by atoms with Crippen LogP contribution < -0.4 is 5.32 Å². The van der Waals surface area contributed by atoms with Crippen molar-refractivity contribution in [3.63, 3.8) is 0 Å². The maximum atomic E-state index is 13.7. The first-order valence-corrected chi connectivity index (χ1v) is 9.48. The third-order valence-electron chi connectivity index (χ3n) is 4.29. The van der Waals surface area contributed by atoms with E-state index in [9.17, 15) is 13.6 Å². The first kappa shape index (κ1) is 19.5. The first-order chi connectivity index (χ1) is 14.0. The van der Waals surface area contributed by atoms with Gasteiger partial charge in [-0.25, -0.2) is 18.7 Å². The third-order valence-corrected chi connectivity index (χ3v) is 5.33. The fraction of sp³-hybridized carbons (Fsp3) is 0.111. The molecule has 4 aromatic rings. The fourth-order valence-electron chi connectivity index (χ4n) is 3.03. The minimum atomic E-state index is -2.71. The number of H-pyrrole nitrogens is 1. The number of rotatable bonds is 5. The lowest BCUT2D eigenvalue weighted by Crippen LogP contribution is -2.27. The van der Waals surface area contributed by atoms with Crippen LogP contribution in [0.3, 0.4) is 0 Å². The molecule has 11 heteroatoms. The summed E-state index contributed by atoms with van der Waals surface area (Å²) in [5.74, 6) is -0.464. The van der Waals surface area contributed by atoms with Crippen molar-refractivity contribution in [2.24, 2.45) is 0 Å². The number of hydrogen-bond donors (Lipinski definition) is 2. The fourth-order valence-corrected chi connectivity index (χ4v) is 3.94. The molecule has 0 atom stereocenters. The van der Waals surface area contributed by atoms with Gasteiger partial charge in [-0.1, -0.05) is 17.7 Å². The number of fused-ring (bicyclic) bond motifs is 1. The highest BCUT2D eigenvalue weighted by Gasteiger charge is 2.24. The van der Waals surface area contributed by atoms with Crippen molar-refractivity contribution in [2.45, 2.75) is 13.1 Å². The number of alkyl halides is 2. The van der Waals surface area contributed by atoms with Crippen LogP contribution in [0.15, 0.2) is 47.3 Å². The van der Waals surface area contributed by atoms with Crippen LogP contribution in [-0.4, -0.2) is 30.6 Å². The van der Waals surface area contributed by atoms with E-state index in [1.807, 2.05) is 0 Å². The Kier molecular flexibility index (Phi) is 5.29. The van der Waals surface area contributed by atoms with Gasteiger partial charge in [-0.15, -0.1) is 0 Å². The number of benzene rings is 1. The Balaban J connectivity index is 1.86. The normalized spacial score (nSPS) is 11.3. The van der Waals surface area contributed by atoms with Crippen LogP contribution in [0, 0.1) is 0 Å². The van der Waals surface area contributed by atoms with E-state index in [1.54, 1.807) is 22.9 Å². The molecule has 0 aliphatic rings. The van der Waals surface area contributed by atoms with E-state index >= 15 is 0 Å². The highest BCUT2D eigenvalue weighted by Crippen LogP contribution is 2.41. The third kappa shape index (κ3) is 3.60. The van der Waals surface area contributed by atoms with Crippen molar-refractivity contribution in [2.75, 3.05) is 0 Å². The Labute approximate surface area is 176 Å². The lowest BCUT2D eigenvalue weighted by Gasteiger charge is -2.15. The monoisotopic (exact) mass is 480 g/mol. The molecule has 7 nitrogen and oxygen atoms in total. The SMILES string of the molecule is O=C(NCn1c(-c2cc(Cl)ccc2C(F)F)c(Br)c2cccnc21)c1ncn[nH]1. The maximum absolute atomic E-state index is 13.7. The molecule has 3 heterocycles. The number of amides is 1. The summed E-state index contributed by atoms with van der Waals surface area (Å²) in [5, 5.41) is 9.81. The van der Waals surface area contributed by atoms with E-state index in [2.05, 4.69) is 41.4 Å². The molecule has 0 aliphatic heterocycles. The minimum Gasteiger partial charge on any atom is -0.331 e. The van der Waals surface area contributed by atoms with Crippen LogP contribution in [0.1, 0.15) is 22.6 Å². The first-order valence-electron chi connectivity index (χ1n) is 8.31. The summed E-state index contributed by atoms with van der Waals surface area (Å²) in [6.07, 6.45) is 0.0846. The van der Waals surface area contributed by atoms with E-state index in [0.29, 0.717) is 26.2 Å². The molecule has 148 valence electrons. The zero-order valence-corrected chi connectivity index (χ0v) is 16.9. The molecule has 1 amide bonds. The molecule has 0 saturated heterocycles. The summed E-state index contributed by atoms with van der Waals surface area (Å²) in [6, 6.07) is 7.71. The van der Waals surface area contributed by atoms with Gasteiger partial charge in [0.05, 0.1) is 16.8 Å². The topological polar surface area (TPSA) is 88.5 Å². The molecule has 0 unspecified atom stereocenters. The van der Waals surface area contributed by atoms with Gasteiger partial charge < -0.3 is 9.88 Å². The second-order valence-corrected chi connectivity index (χ2v) is 7.22. The summed E-state index contributed by atoms with van der Waals surface area (Å²) >= 11 is 9.60. The molecular formula is C18H12BrClF2N6O. The Morgan fingerprint density at radius 2 is 2.14 bits per heavy atom. The van der Waals surface area contributed by atoms with Gasteiger partial charge in [0, 0.05) is 27.7 Å². The summed E-state index contributed by atoms with van der Waals surface area (Å²) in [6.45, 7) is -0.0385. The number of halogens is 4. The van der Waals surface area contributed by atoms with Gasteiger partial charge >= 0.3 is 0 Å². The van der Waals surface area contributed by atoms with Crippen LogP contribution in [0.5, 0.6) is 0 Å². The second-order valence-electron chi connectivity index (χ2n) is 6.00. The molecule has 0 bridgehead atoms. The number of pyridine rings is 1. The summed E-state index contributed by atoms with van der Waals surface area (Å²) in [7, 11) is 0. The van der Waals surface area contributed by atoms with Gasteiger partial charge in [0.15, 0.2) is 0 Å². The number of aromatic amines is 1. The van der Waals surface area contributed by atoms with Crippen molar-refractivity contribution in [3.05, 3.63) is 63.7 Å². The van der Waals surface area contributed by atoms with Crippen LogP contribution in [-0.2, 0) is 6.67 Å². The Hall–Kier alpha value is -2.85. The van der Waals surface area contributed by atoms with E-state index in [1.165, 1.54) is 24.5 Å². The minimum absolute atomic E-state index is 0.0334. The number of hydrogen-bond acceptors (Lipinski definition) is 4. The van der Waals surface area contributed by atoms with Crippen LogP contribution >= 0.6 is 27.5 Å². The highest BCUT2D eigenvalue weighted by molar-refractivity contribution is 9.10. The number of nitrogens with one attached hydrogen (secondary N) is 2. The number of carbonyl (C=O) groups excluding carboxylic acids is 1. The second kappa shape index (κ2) is 7.88. The van der Waals surface area contributed by atoms with Crippen molar-refractivity contribution in [1.82, 2.24) is 30.0 Å². The molecule has 0 aliphatic carbocycles. The summed E-state index contributed by atoms with van der Waals surface area (Å²) in [5.41, 5.74) is 0.994. The average Bonchev–Trinajstić information content (AvgIpc) is 3.33. The van der Waals surface area contributed by atoms with Crippen LogP contribution in [0.2, 0.25) is 5.02 Å². The van der Waals surface area contributed by atoms with Gasteiger partial charge in [-0.2, -0.15) is 5.10 Å². The predicted octanol–water partition coefficient (Wildman–Crippen LogP) is 4.56. The van der Waals surface area contributed by atoms with Gasteiger partial charge in [0.2, 0.25) is 5.82 Å². The Morgan fingerprint density at radius 1 is 1.31 bits per heavy atom. The molecule has 1 aromatic carbocycles. The molecular weight excluding hydrogens is 470 g/mol. The molecule has 29 heavy (non-hydrogen) atoms. The van der Waals surface area contributed by atoms with Gasteiger partial charge in [-0.05, 0) is 40.2 Å². The van der Waals surface area contributed by atoms with Crippen molar-refractivity contribution in [1.29, 1.82) is 0 Å². The van der Waals surface area contributed by atoms with E-state index < -0.39 is 12.3 Å². The maximum Gasteiger partial charge on any atom is 0.289 e. The van der Waals surface area contributed by atoms with Gasteiger partial charge in [0.1, 0.15) is 12.0 Å². The number of carbonyl (C=O) groups is 1.